The van der Waals surface area contributed by atoms with Gasteiger partial charge in [-0.3, -0.25) is 0 Å². The average Bonchev–Trinajstić information content (AvgIpc) is 2.93. The number of rotatable bonds is 4. The molecule has 0 saturated heterocycles. The first kappa shape index (κ1) is 17.2. The van der Waals surface area contributed by atoms with Crippen LogP contribution in [0.15, 0.2) is 44.8 Å². The minimum atomic E-state index is -0.309. The zero-order valence-electron chi connectivity index (χ0n) is 14.8. The number of thiophene rings is 1. The Hall–Kier alpha value is -2.18. The van der Waals surface area contributed by atoms with Gasteiger partial charge in [0.15, 0.2) is 0 Å². The van der Waals surface area contributed by atoms with Gasteiger partial charge in [-0.2, -0.15) is 0 Å². The van der Waals surface area contributed by atoms with Crippen LogP contribution in [0.25, 0.3) is 21.2 Å². The van der Waals surface area contributed by atoms with Gasteiger partial charge in [0.25, 0.3) is 0 Å². The van der Waals surface area contributed by atoms with Crippen LogP contribution in [-0.4, -0.2) is 9.97 Å². The second-order valence-corrected chi connectivity index (χ2v) is 8.37. The van der Waals surface area contributed by atoms with Gasteiger partial charge in [0, 0.05) is 27.5 Å². The van der Waals surface area contributed by atoms with Gasteiger partial charge in [-0.05, 0) is 43.0 Å². The minimum absolute atomic E-state index is 0.309. The molecule has 0 unspecified atom stereocenters. The third-order valence-corrected chi connectivity index (χ3v) is 6.75. The quantitative estimate of drug-likeness (QED) is 0.273. The summed E-state index contributed by atoms with van der Waals surface area (Å²) in [7, 11) is 0. The molecule has 4 aromatic rings. The van der Waals surface area contributed by atoms with Crippen molar-refractivity contribution in [1.82, 2.24) is 9.97 Å². The molecule has 0 saturated carbocycles. The summed E-state index contributed by atoms with van der Waals surface area (Å²) in [6, 6.07) is 7.68. The van der Waals surface area contributed by atoms with E-state index in [2.05, 4.69) is 36.8 Å². The summed E-state index contributed by atoms with van der Waals surface area (Å²) in [4.78, 5) is 23.1. The molecule has 1 aromatic carbocycles. The van der Waals surface area contributed by atoms with Crippen LogP contribution in [0.1, 0.15) is 28.5 Å². The molecule has 132 valence electrons. The lowest BCUT2D eigenvalue weighted by Gasteiger charge is -2.07. The molecule has 0 fully saturated rings. The Morgan fingerprint density at radius 2 is 2.04 bits per heavy atom. The molecule has 26 heavy (non-hydrogen) atoms. The average molecular weight is 383 g/mol. The highest BCUT2D eigenvalue weighted by Gasteiger charge is 2.14. The van der Waals surface area contributed by atoms with Crippen molar-refractivity contribution < 1.29 is 4.42 Å². The number of benzene rings is 1. The van der Waals surface area contributed by atoms with E-state index in [9.17, 15) is 4.79 Å². The fraction of sp³-hybridized carbons (Fsp3) is 0.250. The highest BCUT2D eigenvalue weighted by molar-refractivity contribution is 7.98. The summed E-state index contributed by atoms with van der Waals surface area (Å²) in [6.45, 7) is 6.31. The van der Waals surface area contributed by atoms with Crippen molar-refractivity contribution in [3.8, 4) is 0 Å². The number of thioether (sulfide) groups is 1. The second-order valence-electron chi connectivity index (χ2n) is 6.21. The molecule has 0 aliphatic rings. The maximum Gasteiger partial charge on any atom is 0.336 e. The lowest BCUT2D eigenvalue weighted by molar-refractivity contribution is 0.559. The Morgan fingerprint density at radius 1 is 1.19 bits per heavy atom. The topological polar surface area (TPSA) is 56.0 Å². The van der Waals surface area contributed by atoms with Crippen molar-refractivity contribution in [1.29, 1.82) is 0 Å². The van der Waals surface area contributed by atoms with E-state index in [1.165, 1.54) is 10.4 Å². The summed E-state index contributed by atoms with van der Waals surface area (Å²) in [6.07, 6.45) is 2.53. The lowest BCUT2D eigenvalue weighted by atomic mass is 10.1. The summed E-state index contributed by atoms with van der Waals surface area (Å²) in [5, 5.41) is 3.07. The molecule has 6 heteroatoms. The van der Waals surface area contributed by atoms with Crippen LogP contribution in [0, 0.1) is 13.8 Å². The van der Waals surface area contributed by atoms with Crippen molar-refractivity contribution in [2.24, 2.45) is 0 Å². The third kappa shape index (κ3) is 3.04. The van der Waals surface area contributed by atoms with Gasteiger partial charge in [-0.1, -0.05) is 19.1 Å². The number of hydrogen-bond donors (Lipinski definition) is 0. The van der Waals surface area contributed by atoms with Crippen LogP contribution < -0.4 is 5.63 Å². The van der Waals surface area contributed by atoms with Crippen LogP contribution >= 0.6 is 23.1 Å². The van der Waals surface area contributed by atoms with Gasteiger partial charge in [0.1, 0.15) is 21.8 Å². The number of fused-ring (bicyclic) bond motifs is 2. The smallest absolute Gasteiger partial charge is 0.336 e. The monoisotopic (exact) mass is 382 g/mol. The van der Waals surface area contributed by atoms with Crippen molar-refractivity contribution in [3.05, 3.63) is 62.6 Å². The Kier molecular flexibility index (Phi) is 4.54. The van der Waals surface area contributed by atoms with Crippen LogP contribution in [0.2, 0.25) is 0 Å². The predicted molar refractivity (Wildman–Crippen MR) is 108 cm³/mol. The molecule has 0 aliphatic carbocycles. The van der Waals surface area contributed by atoms with E-state index in [1.807, 2.05) is 12.1 Å². The maximum absolute atomic E-state index is 12.0. The van der Waals surface area contributed by atoms with E-state index >= 15 is 0 Å². The maximum atomic E-state index is 12.0. The molecule has 0 N–H and O–H groups in total. The molecule has 0 spiro atoms. The summed E-state index contributed by atoms with van der Waals surface area (Å²) in [5.74, 6) is 0.661. The molecule has 0 radical (unpaired) electrons. The highest BCUT2D eigenvalue weighted by Crippen LogP contribution is 2.36. The largest absolute Gasteiger partial charge is 0.423 e. The Bertz CT molecular complexity index is 1180. The summed E-state index contributed by atoms with van der Waals surface area (Å²) >= 11 is 3.33. The molecule has 3 heterocycles. The van der Waals surface area contributed by atoms with E-state index in [-0.39, 0.29) is 5.63 Å². The molecule has 4 nitrogen and oxygen atoms in total. The number of hydrogen-bond acceptors (Lipinski definition) is 6. The SMILES string of the molecule is CCc1ccc2c(CSc3ncnc4sc(C)c(C)c34)cc(=O)oc2c1. The van der Waals surface area contributed by atoms with Gasteiger partial charge in [-0.15, -0.1) is 23.1 Å². The number of aryl methyl sites for hydroxylation is 3. The Labute approximate surface area is 159 Å². The normalized spacial score (nSPS) is 11.5. The first-order valence-corrected chi connectivity index (χ1v) is 10.3. The Balaban J connectivity index is 1.74. The summed E-state index contributed by atoms with van der Waals surface area (Å²) < 4.78 is 5.40. The molecule has 4 rings (SSSR count). The Morgan fingerprint density at radius 3 is 2.85 bits per heavy atom. The first-order valence-electron chi connectivity index (χ1n) is 8.46. The van der Waals surface area contributed by atoms with E-state index in [0.29, 0.717) is 11.3 Å². The van der Waals surface area contributed by atoms with Crippen LogP contribution in [0.4, 0.5) is 0 Å². The molecular formula is C20H18N2O2S2. The van der Waals surface area contributed by atoms with E-state index in [1.54, 1.807) is 35.5 Å². The highest BCUT2D eigenvalue weighted by atomic mass is 32.2. The van der Waals surface area contributed by atoms with Crippen molar-refractivity contribution in [2.75, 3.05) is 0 Å². The molecular weight excluding hydrogens is 364 g/mol. The van der Waals surface area contributed by atoms with Crippen LogP contribution in [0.5, 0.6) is 0 Å². The lowest BCUT2D eigenvalue weighted by Crippen LogP contribution is -2.00. The fourth-order valence-corrected chi connectivity index (χ4v) is 5.13. The van der Waals surface area contributed by atoms with Crippen LogP contribution in [0.3, 0.4) is 0 Å². The molecule has 0 aliphatic heterocycles. The van der Waals surface area contributed by atoms with Gasteiger partial charge in [-0.25, -0.2) is 14.8 Å². The van der Waals surface area contributed by atoms with Crippen molar-refractivity contribution >= 4 is 44.3 Å². The van der Waals surface area contributed by atoms with Crippen molar-refractivity contribution in [2.45, 2.75) is 38.0 Å². The summed E-state index contributed by atoms with van der Waals surface area (Å²) in [5.41, 5.74) is 3.71. The first-order chi connectivity index (χ1) is 12.6. The van der Waals surface area contributed by atoms with Crippen molar-refractivity contribution in [3.63, 3.8) is 0 Å². The van der Waals surface area contributed by atoms with Crippen LogP contribution in [-0.2, 0) is 12.2 Å². The molecule has 0 amide bonds. The minimum Gasteiger partial charge on any atom is -0.423 e. The second kappa shape index (κ2) is 6.85. The molecule has 0 bridgehead atoms. The van der Waals surface area contributed by atoms with Gasteiger partial charge in [0.2, 0.25) is 0 Å². The van der Waals surface area contributed by atoms with E-state index < -0.39 is 0 Å². The predicted octanol–water partition coefficient (Wildman–Crippen LogP) is 5.27. The van der Waals surface area contributed by atoms with Gasteiger partial charge >= 0.3 is 5.63 Å². The fourth-order valence-electron chi connectivity index (χ4n) is 3.02. The number of aromatic nitrogens is 2. The zero-order valence-corrected chi connectivity index (χ0v) is 16.5. The third-order valence-electron chi connectivity index (χ3n) is 4.60. The van der Waals surface area contributed by atoms with E-state index in [4.69, 9.17) is 4.42 Å². The standard InChI is InChI=1S/C20H18N2O2S2/c1-4-13-5-6-15-14(8-17(23)24-16(15)7-13)9-25-19-18-11(2)12(3)26-20(18)22-10-21-19/h5-8,10H,4,9H2,1-3H3. The molecule has 3 aromatic heterocycles. The van der Waals surface area contributed by atoms with Gasteiger partial charge < -0.3 is 4.42 Å². The number of nitrogens with zero attached hydrogens (tertiary/aromatic N) is 2. The van der Waals surface area contributed by atoms with Gasteiger partial charge in [0.05, 0.1) is 0 Å². The van der Waals surface area contributed by atoms with E-state index in [0.717, 1.165) is 38.2 Å². The zero-order chi connectivity index (χ0) is 18.3. The molecule has 0 atom stereocenters.